The minimum Gasteiger partial charge on any atom is -0.377 e. The third-order valence-corrected chi connectivity index (χ3v) is 6.90. The Kier molecular flexibility index (Phi) is 12.4. The van der Waals surface area contributed by atoms with Crippen LogP contribution < -0.4 is 21.3 Å². The second-order valence-corrected chi connectivity index (χ2v) is 9.39. The molecule has 35 heavy (non-hydrogen) atoms. The summed E-state index contributed by atoms with van der Waals surface area (Å²) in [7, 11) is 0. The van der Waals surface area contributed by atoms with Gasteiger partial charge in [0.15, 0.2) is 0 Å². The monoisotopic (exact) mass is 493 g/mol. The third kappa shape index (κ3) is 8.70. The van der Waals surface area contributed by atoms with Gasteiger partial charge in [-0.25, -0.2) is 0 Å². The smallest absolute Gasteiger partial charge is 0.289 e. The molecule has 2 fully saturated rings. The Morgan fingerprint density at radius 1 is 1.11 bits per heavy atom. The highest BCUT2D eigenvalue weighted by molar-refractivity contribution is 6.37. The first kappa shape index (κ1) is 28.9. The number of amides is 3. The summed E-state index contributed by atoms with van der Waals surface area (Å²) < 4.78 is 6.04. The highest BCUT2D eigenvalue weighted by atomic mass is 16.5. The van der Waals surface area contributed by atoms with Crippen molar-refractivity contribution in [3.8, 4) is 0 Å². The third-order valence-electron chi connectivity index (χ3n) is 6.90. The van der Waals surface area contributed by atoms with Gasteiger partial charge in [0.1, 0.15) is 6.04 Å². The molecule has 0 unspecified atom stereocenters. The van der Waals surface area contributed by atoms with Gasteiger partial charge in [-0.2, -0.15) is 0 Å². The van der Waals surface area contributed by atoms with Crippen LogP contribution in [0.3, 0.4) is 0 Å². The van der Waals surface area contributed by atoms with Crippen molar-refractivity contribution in [3.63, 3.8) is 0 Å². The summed E-state index contributed by atoms with van der Waals surface area (Å²) in [5.74, 6) is -2.08. The van der Waals surface area contributed by atoms with Crippen molar-refractivity contribution in [2.75, 3.05) is 39.5 Å². The van der Waals surface area contributed by atoms with E-state index < -0.39 is 30.2 Å². The number of ketones is 1. The van der Waals surface area contributed by atoms with E-state index in [9.17, 15) is 19.2 Å². The Morgan fingerprint density at radius 2 is 1.86 bits per heavy atom. The van der Waals surface area contributed by atoms with E-state index in [1.165, 1.54) is 12.5 Å². The van der Waals surface area contributed by atoms with E-state index in [2.05, 4.69) is 41.7 Å². The topological polar surface area (TPSA) is 129 Å². The molecule has 3 amide bonds. The molecule has 198 valence electrons. The fourth-order valence-corrected chi connectivity index (χ4v) is 4.84. The molecule has 1 aliphatic carbocycles. The largest absolute Gasteiger partial charge is 0.377 e. The van der Waals surface area contributed by atoms with E-state index in [1.54, 1.807) is 4.90 Å². The maximum absolute atomic E-state index is 12.8. The highest BCUT2D eigenvalue weighted by Crippen LogP contribution is 2.32. The van der Waals surface area contributed by atoms with Gasteiger partial charge in [-0.05, 0) is 39.0 Å². The molecular weight excluding hydrogens is 450 g/mol. The molecule has 0 aromatic heterocycles. The number of likely N-dealkylation sites (tertiary alicyclic amines) is 1. The maximum Gasteiger partial charge on any atom is 0.289 e. The first-order valence-corrected chi connectivity index (χ1v) is 12.9. The summed E-state index contributed by atoms with van der Waals surface area (Å²) >= 11 is 0. The average Bonchev–Trinajstić information content (AvgIpc) is 3.37. The van der Waals surface area contributed by atoms with E-state index in [0.29, 0.717) is 26.1 Å². The van der Waals surface area contributed by atoms with Gasteiger partial charge in [0.2, 0.25) is 17.6 Å². The van der Waals surface area contributed by atoms with Gasteiger partial charge in [0.25, 0.3) is 5.91 Å². The van der Waals surface area contributed by atoms with Gasteiger partial charge < -0.3 is 20.3 Å². The van der Waals surface area contributed by atoms with E-state index >= 15 is 0 Å². The van der Waals surface area contributed by atoms with Crippen LogP contribution in [-0.4, -0.2) is 85.5 Å². The number of Topliss-reactive ketones (excluding diaryl/α,β-unsaturated/α-hetero) is 1. The summed E-state index contributed by atoms with van der Waals surface area (Å²) in [4.78, 5) is 50.5. The normalized spacial score (nSPS) is 20.2. The average molecular weight is 494 g/mol. The number of ether oxygens (including phenoxy) is 1. The van der Waals surface area contributed by atoms with Crippen LogP contribution in [0.25, 0.3) is 0 Å². The van der Waals surface area contributed by atoms with Crippen molar-refractivity contribution < 1.29 is 23.9 Å². The van der Waals surface area contributed by atoms with Crippen LogP contribution in [0.4, 0.5) is 0 Å². The van der Waals surface area contributed by atoms with Crippen LogP contribution in [0.15, 0.2) is 12.7 Å². The Bertz CT molecular complexity index is 738. The Morgan fingerprint density at radius 3 is 2.54 bits per heavy atom. The molecule has 1 saturated heterocycles. The van der Waals surface area contributed by atoms with E-state index in [1.807, 2.05) is 0 Å². The van der Waals surface area contributed by atoms with Crippen LogP contribution in [0.5, 0.6) is 0 Å². The minimum absolute atomic E-state index is 0.0912. The van der Waals surface area contributed by atoms with Crippen molar-refractivity contribution in [1.29, 1.82) is 0 Å². The van der Waals surface area contributed by atoms with Crippen molar-refractivity contribution in [2.45, 2.75) is 82.9 Å². The van der Waals surface area contributed by atoms with E-state index in [4.69, 9.17) is 4.74 Å². The fraction of sp³-hybridized carbons (Fsp3) is 0.760. The quantitative estimate of drug-likeness (QED) is 0.114. The molecule has 1 saturated carbocycles. The van der Waals surface area contributed by atoms with Crippen LogP contribution in [0.2, 0.25) is 0 Å². The van der Waals surface area contributed by atoms with Crippen LogP contribution >= 0.6 is 0 Å². The molecule has 0 spiro atoms. The van der Waals surface area contributed by atoms with Gasteiger partial charge in [-0.3, -0.25) is 29.8 Å². The lowest BCUT2D eigenvalue weighted by molar-refractivity contribution is -0.140. The summed E-state index contributed by atoms with van der Waals surface area (Å²) in [6.07, 6.45) is 9.43. The maximum atomic E-state index is 12.8. The first-order valence-electron chi connectivity index (χ1n) is 12.9. The Labute approximate surface area is 209 Å². The van der Waals surface area contributed by atoms with Gasteiger partial charge in [-0.15, -0.1) is 6.58 Å². The zero-order valence-electron chi connectivity index (χ0n) is 21.3. The molecule has 1 aliphatic heterocycles. The predicted molar refractivity (Wildman–Crippen MR) is 133 cm³/mol. The van der Waals surface area contributed by atoms with Crippen LogP contribution in [-0.2, 0) is 23.9 Å². The minimum atomic E-state index is -0.772. The van der Waals surface area contributed by atoms with E-state index in [0.717, 1.165) is 38.7 Å². The second-order valence-electron chi connectivity index (χ2n) is 9.39. The number of nitrogens with one attached hydrogen (secondary N) is 4. The lowest BCUT2D eigenvalue weighted by Gasteiger charge is -2.43. The first-order chi connectivity index (χ1) is 16.8. The lowest BCUT2D eigenvalue weighted by Crippen LogP contribution is -2.58. The number of hydrogen-bond donors (Lipinski definition) is 4. The Hall–Kier alpha value is -2.30. The van der Waals surface area contributed by atoms with Crippen LogP contribution in [0.1, 0.15) is 65.2 Å². The molecule has 2 aliphatic rings. The zero-order valence-corrected chi connectivity index (χ0v) is 21.3. The number of carbonyl (C=O) groups is 4. The standard InChI is InChI=1S/C25H43N5O5/c1-4-13-27-24(34)21(31)16-28-23(33)20-10-9-14-30(20)22(32)17-26-18-29-25(11-7-6-8-12-25)19(3)35-15-5-2/h4,19-20,26,29H,1,5-18H2,2-3H3,(H,27,34)(H,28,33)/t19-,20+/m1/s1. The van der Waals surface area contributed by atoms with Gasteiger partial charge in [0.05, 0.1) is 19.2 Å². The van der Waals surface area contributed by atoms with Crippen molar-refractivity contribution in [2.24, 2.45) is 0 Å². The number of rotatable bonds is 15. The van der Waals surface area contributed by atoms with Gasteiger partial charge in [0, 0.05) is 31.9 Å². The predicted octanol–water partition coefficient (Wildman–Crippen LogP) is 0.620. The number of carbonyl (C=O) groups excluding carboxylic acids is 4. The number of nitrogens with zero attached hydrogens (tertiary/aromatic N) is 1. The molecule has 1 heterocycles. The van der Waals surface area contributed by atoms with Gasteiger partial charge in [-0.1, -0.05) is 32.3 Å². The van der Waals surface area contributed by atoms with E-state index in [-0.39, 0.29) is 30.6 Å². The summed E-state index contributed by atoms with van der Waals surface area (Å²) in [5, 5.41) is 11.7. The molecule has 10 nitrogen and oxygen atoms in total. The van der Waals surface area contributed by atoms with Crippen molar-refractivity contribution >= 4 is 23.5 Å². The molecule has 0 radical (unpaired) electrons. The Balaban J connectivity index is 1.79. The molecule has 10 heteroatoms. The molecule has 2 atom stereocenters. The number of hydrogen-bond acceptors (Lipinski definition) is 7. The molecular formula is C25H43N5O5. The molecule has 2 rings (SSSR count). The van der Waals surface area contributed by atoms with Crippen molar-refractivity contribution in [3.05, 3.63) is 12.7 Å². The summed E-state index contributed by atoms with van der Waals surface area (Å²) in [6, 6.07) is -0.631. The van der Waals surface area contributed by atoms with Gasteiger partial charge >= 0.3 is 0 Å². The highest BCUT2D eigenvalue weighted by Gasteiger charge is 2.38. The molecule has 0 aromatic rings. The summed E-state index contributed by atoms with van der Waals surface area (Å²) in [6.45, 7) is 9.29. The second kappa shape index (κ2) is 15.0. The summed E-state index contributed by atoms with van der Waals surface area (Å²) in [5.41, 5.74) is -0.0932. The van der Waals surface area contributed by atoms with Crippen molar-refractivity contribution in [1.82, 2.24) is 26.2 Å². The lowest BCUT2D eigenvalue weighted by atomic mass is 9.78. The molecule has 0 aromatic carbocycles. The van der Waals surface area contributed by atoms with Crippen LogP contribution in [0, 0.1) is 0 Å². The SMILES string of the molecule is C=CCNC(=O)C(=O)CNC(=O)[C@@H]1CCCN1C(=O)CNCNC1([C@@H](C)OCCC)CCCCC1. The molecule has 4 N–H and O–H groups in total. The fourth-order valence-electron chi connectivity index (χ4n) is 4.84. The molecule has 0 bridgehead atoms. The zero-order chi connectivity index (χ0) is 25.7.